The summed E-state index contributed by atoms with van der Waals surface area (Å²) in [4.78, 5) is 12.0. The molecule has 0 fully saturated rings. The number of rotatable bonds is 8. The maximum atomic E-state index is 12.0. The second kappa shape index (κ2) is 9.84. The van der Waals surface area contributed by atoms with Gasteiger partial charge in [-0.05, 0) is 27.9 Å². The molecule has 0 spiro atoms. The van der Waals surface area contributed by atoms with E-state index in [1.165, 1.54) is 17.3 Å². The fourth-order valence-corrected chi connectivity index (χ4v) is 9.19. The van der Waals surface area contributed by atoms with E-state index in [2.05, 4.69) is 81.4 Å². The minimum atomic E-state index is -2.72. The van der Waals surface area contributed by atoms with Crippen LogP contribution in [0.3, 0.4) is 0 Å². The zero-order chi connectivity index (χ0) is 23.2. The molecule has 0 aliphatic rings. The zero-order valence-electron chi connectivity index (χ0n) is 19.8. The van der Waals surface area contributed by atoms with Crippen LogP contribution in [-0.2, 0) is 20.4 Å². The number of hydrogen-bond acceptors (Lipinski definition) is 3. The summed E-state index contributed by atoms with van der Waals surface area (Å²) in [5, 5.41) is 2.28. The molecule has 168 valence electrons. The van der Waals surface area contributed by atoms with E-state index < -0.39 is 13.9 Å². The third-order valence-corrected chi connectivity index (χ3v) is 10.8. The summed E-state index contributed by atoms with van der Waals surface area (Å²) in [6, 6.07) is 31.2. The van der Waals surface area contributed by atoms with Gasteiger partial charge in [-0.15, -0.1) is 0 Å². The summed E-state index contributed by atoms with van der Waals surface area (Å²) in [7, 11) is -2.72. The Morgan fingerprint density at radius 2 is 1.19 bits per heavy atom. The third-order valence-electron chi connectivity index (χ3n) is 5.82. The second-order valence-electron chi connectivity index (χ2n) is 9.66. The monoisotopic (exact) mass is 446 g/mol. The van der Waals surface area contributed by atoms with Crippen molar-refractivity contribution in [3.8, 4) is 0 Å². The first-order chi connectivity index (χ1) is 15.2. The molecular formula is C28H34O3Si. The molecule has 32 heavy (non-hydrogen) atoms. The van der Waals surface area contributed by atoms with Crippen LogP contribution in [0.25, 0.3) is 0 Å². The first-order valence-corrected chi connectivity index (χ1v) is 13.1. The minimum absolute atomic E-state index is 0.139. The Hall–Kier alpha value is -2.69. The minimum Gasteiger partial charge on any atom is -0.457 e. The normalized spacial score (nSPS) is 13.9. The number of carbonyl (C=O) groups is 1. The molecule has 0 aliphatic carbocycles. The highest BCUT2D eigenvalue weighted by Crippen LogP contribution is 2.37. The van der Waals surface area contributed by atoms with Crippen molar-refractivity contribution in [2.75, 3.05) is 6.61 Å². The molecule has 0 aliphatic heterocycles. The average Bonchev–Trinajstić information content (AvgIpc) is 2.75. The molecule has 0 heterocycles. The van der Waals surface area contributed by atoms with Gasteiger partial charge in [-0.25, -0.2) is 0 Å². The van der Waals surface area contributed by atoms with Crippen LogP contribution < -0.4 is 10.4 Å². The third kappa shape index (κ3) is 5.37. The molecule has 0 saturated carbocycles. The number of hydrogen-bond donors (Lipinski definition) is 0. The van der Waals surface area contributed by atoms with Gasteiger partial charge >= 0.3 is 5.97 Å². The Labute approximate surface area is 193 Å². The summed E-state index contributed by atoms with van der Waals surface area (Å²) < 4.78 is 12.9. The van der Waals surface area contributed by atoms with E-state index in [9.17, 15) is 4.79 Å². The first-order valence-electron chi connectivity index (χ1n) is 11.1. The van der Waals surface area contributed by atoms with E-state index in [-0.39, 0.29) is 11.0 Å². The molecule has 1 unspecified atom stereocenters. The molecule has 0 N–H and O–H groups in total. The van der Waals surface area contributed by atoms with Crippen LogP contribution in [0.1, 0.15) is 40.2 Å². The van der Waals surface area contributed by atoms with E-state index >= 15 is 0 Å². The number of benzene rings is 3. The molecule has 3 rings (SSSR count). The SMILES string of the molecule is CC(=O)OC(C)(CO[Si](c1ccccc1)(c1ccccc1)C(C)(C)C)Cc1ccccc1. The van der Waals surface area contributed by atoms with E-state index in [4.69, 9.17) is 9.16 Å². The highest BCUT2D eigenvalue weighted by Gasteiger charge is 2.51. The van der Waals surface area contributed by atoms with Crippen molar-refractivity contribution < 1.29 is 14.0 Å². The van der Waals surface area contributed by atoms with Gasteiger partial charge in [0.25, 0.3) is 8.32 Å². The highest BCUT2D eigenvalue weighted by molar-refractivity contribution is 6.99. The van der Waals surface area contributed by atoms with Crippen molar-refractivity contribution in [1.29, 1.82) is 0 Å². The van der Waals surface area contributed by atoms with Gasteiger partial charge in [-0.1, -0.05) is 112 Å². The van der Waals surface area contributed by atoms with Gasteiger partial charge in [0.05, 0.1) is 6.61 Å². The van der Waals surface area contributed by atoms with E-state index in [0.717, 1.165) is 5.56 Å². The lowest BCUT2D eigenvalue weighted by molar-refractivity contribution is -0.158. The fourth-order valence-electron chi connectivity index (χ4n) is 4.51. The Balaban J connectivity index is 2.06. The van der Waals surface area contributed by atoms with Crippen LogP contribution in [0.5, 0.6) is 0 Å². The van der Waals surface area contributed by atoms with Crippen molar-refractivity contribution >= 4 is 24.7 Å². The molecule has 0 bridgehead atoms. The average molecular weight is 447 g/mol. The largest absolute Gasteiger partial charge is 0.457 e. The van der Waals surface area contributed by atoms with Crippen LogP contribution in [0.15, 0.2) is 91.0 Å². The molecule has 3 aromatic carbocycles. The predicted molar refractivity (Wildman–Crippen MR) is 134 cm³/mol. The zero-order valence-corrected chi connectivity index (χ0v) is 20.8. The maximum Gasteiger partial charge on any atom is 0.303 e. The fraction of sp³-hybridized carbons (Fsp3) is 0.321. The Morgan fingerprint density at radius 1 is 0.750 bits per heavy atom. The Bertz CT molecular complexity index is 958. The standard InChI is InChI=1S/C28H34O3Si/c1-23(29)31-28(5,21-24-15-9-6-10-16-24)22-30-32(27(2,3)4,25-17-11-7-12-18-25)26-19-13-8-14-20-26/h6-20H,21-22H2,1-5H3. The van der Waals surface area contributed by atoms with E-state index in [0.29, 0.717) is 13.0 Å². The molecule has 0 radical (unpaired) electrons. The van der Waals surface area contributed by atoms with Crippen LogP contribution >= 0.6 is 0 Å². The summed E-state index contributed by atoms with van der Waals surface area (Å²) in [6.45, 7) is 10.5. The lowest BCUT2D eigenvalue weighted by Crippen LogP contribution is -2.67. The molecule has 1 atom stereocenters. The lowest BCUT2D eigenvalue weighted by Gasteiger charge is -2.45. The van der Waals surface area contributed by atoms with Crippen molar-refractivity contribution in [1.82, 2.24) is 0 Å². The van der Waals surface area contributed by atoms with Gasteiger partial charge in [-0.2, -0.15) is 0 Å². The van der Waals surface area contributed by atoms with Crippen LogP contribution in [0.2, 0.25) is 5.04 Å². The highest BCUT2D eigenvalue weighted by atomic mass is 28.4. The van der Waals surface area contributed by atoms with Gasteiger partial charge in [0.15, 0.2) is 0 Å². The van der Waals surface area contributed by atoms with E-state index in [1.807, 2.05) is 37.3 Å². The van der Waals surface area contributed by atoms with Crippen LogP contribution in [0.4, 0.5) is 0 Å². The lowest BCUT2D eigenvalue weighted by atomic mass is 9.97. The molecule has 3 nitrogen and oxygen atoms in total. The second-order valence-corrected chi connectivity index (χ2v) is 14.0. The number of carbonyl (C=O) groups excluding carboxylic acids is 1. The Morgan fingerprint density at radius 3 is 1.59 bits per heavy atom. The molecule has 0 saturated heterocycles. The maximum absolute atomic E-state index is 12.0. The smallest absolute Gasteiger partial charge is 0.303 e. The number of ether oxygens (including phenoxy) is 1. The quantitative estimate of drug-likeness (QED) is 0.356. The summed E-state index contributed by atoms with van der Waals surface area (Å²) in [5.74, 6) is -0.297. The topological polar surface area (TPSA) is 35.5 Å². The molecule has 4 heteroatoms. The Kier molecular flexibility index (Phi) is 7.37. The van der Waals surface area contributed by atoms with Crippen LogP contribution in [-0.4, -0.2) is 26.5 Å². The summed E-state index contributed by atoms with van der Waals surface area (Å²) >= 11 is 0. The molecular weight excluding hydrogens is 412 g/mol. The van der Waals surface area contributed by atoms with Crippen molar-refractivity contribution in [2.24, 2.45) is 0 Å². The predicted octanol–water partition coefficient (Wildman–Crippen LogP) is 5.13. The van der Waals surface area contributed by atoms with Gasteiger partial charge < -0.3 is 9.16 Å². The van der Waals surface area contributed by atoms with Gasteiger partial charge in [0, 0.05) is 13.3 Å². The molecule has 3 aromatic rings. The van der Waals surface area contributed by atoms with E-state index in [1.54, 1.807) is 0 Å². The first kappa shape index (κ1) is 24.0. The van der Waals surface area contributed by atoms with Crippen molar-refractivity contribution in [3.63, 3.8) is 0 Å². The molecule has 0 aromatic heterocycles. The van der Waals surface area contributed by atoms with Gasteiger partial charge in [-0.3, -0.25) is 4.79 Å². The van der Waals surface area contributed by atoms with Crippen LogP contribution in [0, 0.1) is 0 Å². The molecule has 0 amide bonds. The van der Waals surface area contributed by atoms with Crippen molar-refractivity contribution in [2.45, 2.75) is 51.7 Å². The van der Waals surface area contributed by atoms with Gasteiger partial charge in [0.2, 0.25) is 0 Å². The summed E-state index contributed by atoms with van der Waals surface area (Å²) in [6.07, 6.45) is 0.589. The van der Waals surface area contributed by atoms with Crippen molar-refractivity contribution in [3.05, 3.63) is 96.6 Å². The number of esters is 1. The summed E-state index contributed by atoms with van der Waals surface area (Å²) in [5.41, 5.74) is 0.336. The van der Waals surface area contributed by atoms with Gasteiger partial charge in [0.1, 0.15) is 5.60 Å².